The Bertz CT molecular complexity index is 641. The Balaban J connectivity index is 1.72. The largest absolute Gasteiger partial charge is 0.490 e. The summed E-state index contributed by atoms with van der Waals surface area (Å²) in [4.78, 5) is 2.58. The van der Waals surface area contributed by atoms with E-state index in [1.165, 1.54) is 12.8 Å². The lowest BCUT2D eigenvalue weighted by molar-refractivity contribution is 0.105. The van der Waals surface area contributed by atoms with Gasteiger partial charge >= 0.3 is 0 Å². The summed E-state index contributed by atoms with van der Waals surface area (Å²) >= 11 is 0. The fourth-order valence-corrected chi connectivity index (χ4v) is 5.19. The van der Waals surface area contributed by atoms with E-state index in [1.807, 2.05) is 0 Å². The molecule has 1 saturated heterocycles. The standard InChI is InChI=1S/C18H28N2O3S/c1-14-12-20(13-15(2)19(14)3)24(21,22)18-10-8-17(9-11-18)23-16-6-4-5-7-16/h8-11,14-16H,4-7,12-13H2,1-3H3. The maximum Gasteiger partial charge on any atom is 0.243 e. The van der Waals surface area contributed by atoms with Crippen LogP contribution in [0.2, 0.25) is 0 Å². The molecule has 1 saturated carbocycles. The van der Waals surface area contributed by atoms with Gasteiger partial charge < -0.3 is 4.74 Å². The molecule has 6 heteroatoms. The van der Waals surface area contributed by atoms with Gasteiger partial charge in [-0.05, 0) is 70.8 Å². The van der Waals surface area contributed by atoms with Gasteiger partial charge in [-0.2, -0.15) is 4.31 Å². The Hall–Kier alpha value is -1.11. The molecule has 1 heterocycles. The average molecular weight is 353 g/mol. The molecule has 0 amide bonds. The van der Waals surface area contributed by atoms with Crippen molar-refractivity contribution >= 4 is 10.0 Å². The van der Waals surface area contributed by atoms with E-state index in [2.05, 4.69) is 25.8 Å². The zero-order chi connectivity index (χ0) is 17.3. The molecule has 0 aromatic heterocycles. The molecule has 1 aliphatic heterocycles. The van der Waals surface area contributed by atoms with Crippen LogP contribution in [0.5, 0.6) is 5.75 Å². The van der Waals surface area contributed by atoms with Crippen molar-refractivity contribution in [3.63, 3.8) is 0 Å². The maximum atomic E-state index is 12.9. The van der Waals surface area contributed by atoms with Crippen molar-refractivity contribution in [3.05, 3.63) is 24.3 Å². The zero-order valence-electron chi connectivity index (χ0n) is 14.8. The molecular weight excluding hydrogens is 324 g/mol. The summed E-state index contributed by atoms with van der Waals surface area (Å²) in [6.45, 7) is 5.19. The van der Waals surface area contributed by atoms with Crippen LogP contribution in [-0.2, 0) is 10.0 Å². The lowest BCUT2D eigenvalue weighted by Gasteiger charge is -2.41. The Morgan fingerprint density at radius 3 is 2.08 bits per heavy atom. The Morgan fingerprint density at radius 2 is 1.54 bits per heavy atom. The lowest BCUT2D eigenvalue weighted by Crippen LogP contribution is -2.56. The van der Waals surface area contributed by atoms with Crippen LogP contribution < -0.4 is 4.74 Å². The maximum absolute atomic E-state index is 12.9. The van der Waals surface area contributed by atoms with Gasteiger partial charge in [-0.15, -0.1) is 0 Å². The van der Waals surface area contributed by atoms with Crippen LogP contribution in [0.25, 0.3) is 0 Å². The van der Waals surface area contributed by atoms with Gasteiger partial charge in [0.1, 0.15) is 5.75 Å². The highest BCUT2D eigenvalue weighted by Gasteiger charge is 2.34. The van der Waals surface area contributed by atoms with Crippen molar-refractivity contribution in [3.8, 4) is 5.75 Å². The first kappa shape index (κ1) is 17.7. The minimum absolute atomic E-state index is 0.216. The van der Waals surface area contributed by atoms with Gasteiger partial charge in [-0.25, -0.2) is 8.42 Å². The number of ether oxygens (including phenoxy) is 1. The van der Waals surface area contributed by atoms with Gasteiger partial charge in [0.2, 0.25) is 10.0 Å². The predicted octanol–water partition coefficient (Wildman–Crippen LogP) is 2.72. The minimum atomic E-state index is -3.44. The molecule has 3 rings (SSSR count). The third kappa shape index (κ3) is 3.60. The second-order valence-corrected chi connectivity index (χ2v) is 9.12. The second-order valence-electron chi connectivity index (χ2n) is 7.18. The molecule has 2 unspecified atom stereocenters. The highest BCUT2D eigenvalue weighted by Crippen LogP contribution is 2.27. The summed E-state index contributed by atoms with van der Waals surface area (Å²) in [6.07, 6.45) is 4.91. The summed E-state index contributed by atoms with van der Waals surface area (Å²) < 4.78 is 33.3. The Labute approximate surface area is 145 Å². The summed E-state index contributed by atoms with van der Waals surface area (Å²) in [5.41, 5.74) is 0. The Kier molecular flexibility index (Phi) is 5.18. The molecule has 0 N–H and O–H groups in total. The Morgan fingerprint density at radius 1 is 1.00 bits per heavy atom. The normalized spacial score (nSPS) is 27.5. The van der Waals surface area contributed by atoms with Gasteiger partial charge in [-0.3, -0.25) is 4.90 Å². The van der Waals surface area contributed by atoms with Crippen LogP contribution in [0.4, 0.5) is 0 Å². The highest BCUT2D eigenvalue weighted by atomic mass is 32.2. The first-order valence-corrected chi connectivity index (χ1v) is 10.3. The number of nitrogens with zero attached hydrogens (tertiary/aromatic N) is 2. The third-order valence-corrected chi connectivity index (χ3v) is 7.24. The topological polar surface area (TPSA) is 49.9 Å². The van der Waals surface area contributed by atoms with Crippen LogP contribution in [0.15, 0.2) is 29.2 Å². The molecule has 0 spiro atoms. The van der Waals surface area contributed by atoms with E-state index in [0.717, 1.165) is 18.6 Å². The van der Waals surface area contributed by atoms with Gasteiger partial charge in [0.25, 0.3) is 0 Å². The molecule has 134 valence electrons. The highest BCUT2D eigenvalue weighted by molar-refractivity contribution is 7.89. The molecule has 0 bridgehead atoms. The molecule has 1 aromatic carbocycles. The molecule has 1 aromatic rings. The van der Waals surface area contributed by atoms with Crippen LogP contribution in [0.1, 0.15) is 39.5 Å². The van der Waals surface area contributed by atoms with Crippen LogP contribution >= 0.6 is 0 Å². The number of piperazine rings is 1. The molecule has 5 nitrogen and oxygen atoms in total. The average Bonchev–Trinajstić information content (AvgIpc) is 3.05. The van der Waals surface area contributed by atoms with Crippen molar-refractivity contribution in [2.24, 2.45) is 0 Å². The van der Waals surface area contributed by atoms with E-state index in [1.54, 1.807) is 28.6 Å². The van der Waals surface area contributed by atoms with Crippen LogP contribution in [0.3, 0.4) is 0 Å². The van der Waals surface area contributed by atoms with Gasteiger partial charge in [-0.1, -0.05) is 0 Å². The number of benzene rings is 1. The number of hydrogen-bond donors (Lipinski definition) is 0. The fraction of sp³-hybridized carbons (Fsp3) is 0.667. The molecule has 1 aliphatic carbocycles. The molecule has 24 heavy (non-hydrogen) atoms. The molecule has 2 atom stereocenters. The molecular formula is C18H28N2O3S. The van der Waals surface area contributed by atoms with E-state index in [4.69, 9.17) is 4.74 Å². The van der Waals surface area contributed by atoms with Crippen molar-refractivity contribution < 1.29 is 13.2 Å². The summed E-state index contributed by atoms with van der Waals surface area (Å²) in [7, 11) is -1.39. The predicted molar refractivity (Wildman–Crippen MR) is 94.8 cm³/mol. The quantitative estimate of drug-likeness (QED) is 0.836. The number of likely N-dealkylation sites (N-methyl/N-ethyl adjacent to an activating group) is 1. The summed E-state index contributed by atoms with van der Waals surface area (Å²) in [5, 5.41) is 0. The third-order valence-electron chi connectivity index (χ3n) is 5.39. The first-order valence-electron chi connectivity index (χ1n) is 8.86. The monoisotopic (exact) mass is 352 g/mol. The van der Waals surface area contributed by atoms with E-state index in [-0.39, 0.29) is 18.2 Å². The second kappa shape index (κ2) is 7.02. The van der Waals surface area contributed by atoms with Crippen LogP contribution in [-0.4, -0.2) is 55.9 Å². The van der Waals surface area contributed by atoms with Gasteiger partial charge in [0, 0.05) is 25.2 Å². The van der Waals surface area contributed by atoms with E-state index in [9.17, 15) is 8.42 Å². The van der Waals surface area contributed by atoms with Crippen molar-refractivity contribution in [1.82, 2.24) is 9.21 Å². The smallest absolute Gasteiger partial charge is 0.243 e. The molecule has 2 aliphatic rings. The summed E-state index contributed by atoms with van der Waals surface area (Å²) in [5.74, 6) is 0.765. The molecule has 0 radical (unpaired) electrons. The van der Waals surface area contributed by atoms with Crippen molar-refractivity contribution in [2.45, 2.75) is 62.6 Å². The fourth-order valence-electron chi connectivity index (χ4n) is 3.59. The first-order chi connectivity index (χ1) is 11.4. The van der Waals surface area contributed by atoms with Crippen molar-refractivity contribution in [2.75, 3.05) is 20.1 Å². The SMILES string of the molecule is CC1CN(S(=O)(=O)c2ccc(OC3CCCC3)cc2)CC(C)N1C. The lowest BCUT2D eigenvalue weighted by atomic mass is 10.1. The minimum Gasteiger partial charge on any atom is -0.490 e. The number of hydrogen-bond acceptors (Lipinski definition) is 4. The zero-order valence-corrected chi connectivity index (χ0v) is 15.6. The molecule has 2 fully saturated rings. The van der Waals surface area contributed by atoms with Gasteiger partial charge in [0.15, 0.2) is 0 Å². The number of sulfonamides is 1. The van der Waals surface area contributed by atoms with Crippen molar-refractivity contribution in [1.29, 1.82) is 0 Å². The van der Waals surface area contributed by atoms with E-state index >= 15 is 0 Å². The summed E-state index contributed by atoms with van der Waals surface area (Å²) in [6, 6.07) is 7.35. The van der Waals surface area contributed by atoms with Gasteiger partial charge in [0.05, 0.1) is 11.0 Å². The van der Waals surface area contributed by atoms with Crippen LogP contribution in [0, 0.1) is 0 Å². The number of rotatable bonds is 4. The van der Waals surface area contributed by atoms with E-state index in [0.29, 0.717) is 18.0 Å². The van der Waals surface area contributed by atoms with E-state index < -0.39 is 10.0 Å².